The molecule has 0 amide bonds. The van der Waals surface area contributed by atoms with Gasteiger partial charge in [0, 0.05) is 25.5 Å². The molecular weight excluding hydrogens is 246 g/mol. The van der Waals surface area contributed by atoms with Crippen molar-refractivity contribution >= 4 is 21.6 Å². The molecule has 2 rings (SSSR count). The number of rotatable bonds is 2. The van der Waals surface area contributed by atoms with E-state index in [2.05, 4.69) is 9.97 Å². The lowest BCUT2D eigenvalue weighted by molar-refractivity contribution is 0.0690. The van der Waals surface area contributed by atoms with Crippen LogP contribution in [0.4, 0.5) is 5.82 Å². The molecule has 0 unspecified atom stereocenters. The summed E-state index contributed by atoms with van der Waals surface area (Å²) in [6.45, 7) is 0.503. The monoisotopic (exact) mass is 257 g/mol. The lowest BCUT2D eigenvalue weighted by Gasteiger charge is -2.27. The Bertz CT molecular complexity index is 529. The van der Waals surface area contributed by atoms with Gasteiger partial charge < -0.3 is 10.0 Å². The van der Waals surface area contributed by atoms with Gasteiger partial charge >= 0.3 is 5.97 Å². The predicted molar refractivity (Wildman–Crippen MR) is 59.9 cm³/mol. The van der Waals surface area contributed by atoms with E-state index in [0.717, 1.165) is 0 Å². The van der Waals surface area contributed by atoms with E-state index in [1.807, 2.05) is 0 Å². The Hall–Kier alpha value is -1.70. The number of nitrogens with zero attached hydrogens (tertiary/aromatic N) is 3. The second kappa shape index (κ2) is 4.28. The molecule has 1 aliphatic heterocycles. The summed E-state index contributed by atoms with van der Waals surface area (Å²) in [5, 5.41) is 8.95. The van der Waals surface area contributed by atoms with Crippen LogP contribution in [0.5, 0.6) is 0 Å². The molecule has 92 valence electrons. The van der Waals surface area contributed by atoms with Crippen LogP contribution in [0.1, 0.15) is 10.5 Å². The quantitative estimate of drug-likeness (QED) is 0.755. The molecule has 0 atom stereocenters. The fourth-order valence-electron chi connectivity index (χ4n) is 1.64. The van der Waals surface area contributed by atoms with Gasteiger partial charge in [0.1, 0.15) is 0 Å². The van der Waals surface area contributed by atoms with E-state index in [4.69, 9.17) is 5.11 Å². The molecule has 1 N–H and O–H groups in total. The predicted octanol–water partition coefficient (Wildman–Crippen LogP) is -0.590. The van der Waals surface area contributed by atoms with Crippen molar-refractivity contribution in [2.24, 2.45) is 0 Å². The highest BCUT2D eigenvalue weighted by atomic mass is 32.2. The molecule has 0 spiro atoms. The van der Waals surface area contributed by atoms with Crippen LogP contribution in [0.25, 0.3) is 0 Å². The fourth-order valence-corrected chi connectivity index (χ4v) is 2.84. The smallest absolute Gasteiger partial charge is 0.358 e. The molecule has 8 heteroatoms. The summed E-state index contributed by atoms with van der Waals surface area (Å²) in [6.07, 6.45) is 2.69. The van der Waals surface area contributed by atoms with E-state index in [1.54, 1.807) is 4.90 Å². The Labute approximate surface area is 98.0 Å². The van der Waals surface area contributed by atoms with Gasteiger partial charge in [0.15, 0.2) is 21.3 Å². The lowest BCUT2D eigenvalue weighted by Crippen LogP contribution is -2.41. The van der Waals surface area contributed by atoms with Gasteiger partial charge in [0.05, 0.1) is 11.5 Å². The zero-order valence-corrected chi connectivity index (χ0v) is 9.72. The molecule has 0 bridgehead atoms. The third-order valence-electron chi connectivity index (χ3n) is 2.53. The first-order valence-corrected chi connectivity index (χ1v) is 6.81. The number of aromatic carboxylic acids is 1. The van der Waals surface area contributed by atoms with Crippen LogP contribution >= 0.6 is 0 Å². The van der Waals surface area contributed by atoms with Crippen molar-refractivity contribution in [2.45, 2.75) is 0 Å². The summed E-state index contributed by atoms with van der Waals surface area (Å²) in [4.78, 5) is 20.3. The first-order valence-electron chi connectivity index (χ1n) is 4.99. The summed E-state index contributed by atoms with van der Waals surface area (Å²) in [7, 11) is -2.99. The Balaban J connectivity index is 2.27. The summed E-state index contributed by atoms with van der Waals surface area (Å²) in [6, 6.07) is 0. The minimum Gasteiger partial charge on any atom is -0.476 e. The van der Waals surface area contributed by atoms with E-state index in [1.165, 1.54) is 12.4 Å². The molecule has 7 nitrogen and oxygen atoms in total. The van der Waals surface area contributed by atoms with Crippen molar-refractivity contribution in [3.05, 3.63) is 18.1 Å². The molecule has 0 saturated carbocycles. The van der Waals surface area contributed by atoms with E-state index in [-0.39, 0.29) is 36.1 Å². The van der Waals surface area contributed by atoms with Gasteiger partial charge in [-0.2, -0.15) is 0 Å². The first-order chi connectivity index (χ1) is 7.99. The van der Waals surface area contributed by atoms with E-state index in [0.29, 0.717) is 0 Å². The number of carboxylic acid groups (broad SMARTS) is 1. The van der Waals surface area contributed by atoms with E-state index < -0.39 is 15.8 Å². The maximum Gasteiger partial charge on any atom is 0.358 e. The van der Waals surface area contributed by atoms with Gasteiger partial charge in [-0.1, -0.05) is 0 Å². The standard InChI is InChI=1S/C9H11N3O4S/c13-9(14)7-8(11-2-1-10-7)12-3-5-17(15,16)6-4-12/h1-2H,3-6H2,(H,13,14). The van der Waals surface area contributed by atoms with Crippen LogP contribution in [-0.2, 0) is 9.84 Å². The topological polar surface area (TPSA) is 100 Å². The molecule has 0 aromatic carbocycles. The minimum atomic E-state index is -2.99. The van der Waals surface area contributed by atoms with Crippen molar-refractivity contribution in [3.8, 4) is 0 Å². The molecule has 1 aromatic heterocycles. The lowest BCUT2D eigenvalue weighted by atomic mass is 10.3. The fraction of sp³-hybridized carbons (Fsp3) is 0.444. The van der Waals surface area contributed by atoms with Crippen LogP contribution in [0.2, 0.25) is 0 Å². The zero-order chi connectivity index (χ0) is 12.5. The molecule has 1 aliphatic rings. The van der Waals surface area contributed by atoms with Crippen molar-refractivity contribution in [1.29, 1.82) is 0 Å². The maximum atomic E-state index is 11.3. The van der Waals surface area contributed by atoms with Crippen LogP contribution in [-0.4, -0.2) is 54.1 Å². The molecular formula is C9H11N3O4S. The highest BCUT2D eigenvalue weighted by Crippen LogP contribution is 2.17. The molecule has 1 aromatic rings. The van der Waals surface area contributed by atoms with Crippen LogP contribution in [0.15, 0.2) is 12.4 Å². The number of carbonyl (C=O) groups is 1. The largest absolute Gasteiger partial charge is 0.476 e. The summed E-state index contributed by atoms with van der Waals surface area (Å²) < 4.78 is 22.5. The molecule has 2 heterocycles. The molecule has 1 saturated heterocycles. The Morgan fingerprint density at radius 1 is 1.24 bits per heavy atom. The number of carboxylic acids is 1. The summed E-state index contributed by atoms with van der Waals surface area (Å²) in [5.74, 6) is -0.901. The van der Waals surface area contributed by atoms with Crippen molar-refractivity contribution < 1.29 is 18.3 Å². The zero-order valence-electron chi connectivity index (χ0n) is 8.90. The van der Waals surface area contributed by atoms with Gasteiger partial charge in [-0.05, 0) is 0 Å². The Morgan fingerprint density at radius 2 is 1.82 bits per heavy atom. The number of aromatic nitrogens is 2. The number of sulfone groups is 1. The summed E-state index contributed by atoms with van der Waals surface area (Å²) >= 11 is 0. The first kappa shape index (κ1) is 11.8. The third-order valence-corrected chi connectivity index (χ3v) is 4.13. The molecule has 17 heavy (non-hydrogen) atoms. The number of anilines is 1. The average Bonchev–Trinajstić information content (AvgIpc) is 2.29. The van der Waals surface area contributed by atoms with Gasteiger partial charge in [0.2, 0.25) is 0 Å². The van der Waals surface area contributed by atoms with Crippen molar-refractivity contribution in [3.63, 3.8) is 0 Å². The molecule has 0 radical (unpaired) electrons. The second-order valence-corrected chi connectivity index (χ2v) is 5.98. The third kappa shape index (κ3) is 2.52. The van der Waals surface area contributed by atoms with Crippen molar-refractivity contribution in [1.82, 2.24) is 9.97 Å². The van der Waals surface area contributed by atoms with E-state index >= 15 is 0 Å². The Kier molecular flexibility index (Phi) is 2.97. The van der Waals surface area contributed by atoms with Gasteiger partial charge in [-0.15, -0.1) is 0 Å². The summed E-state index contributed by atoms with van der Waals surface area (Å²) in [5.41, 5.74) is -0.146. The van der Waals surface area contributed by atoms with Gasteiger partial charge in [-0.25, -0.2) is 23.2 Å². The maximum absolute atomic E-state index is 11.3. The van der Waals surface area contributed by atoms with Crippen LogP contribution < -0.4 is 4.90 Å². The second-order valence-electron chi connectivity index (χ2n) is 3.67. The molecule has 1 fully saturated rings. The SMILES string of the molecule is O=C(O)c1nccnc1N1CCS(=O)(=O)CC1. The normalized spacial score (nSPS) is 18.9. The van der Waals surface area contributed by atoms with Crippen LogP contribution in [0, 0.1) is 0 Å². The van der Waals surface area contributed by atoms with Gasteiger partial charge in [-0.3, -0.25) is 0 Å². The van der Waals surface area contributed by atoms with Crippen molar-refractivity contribution in [2.75, 3.05) is 29.5 Å². The number of hydrogen-bond acceptors (Lipinski definition) is 6. The number of hydrogen-bond donors (Lipinski definition) is 1. The average molecular weight is 257 g/mol. The van der Waals surface area contributed by atoms with Gasteiger partial charge in [0.25, 0.3) is 0 Å². The highest BCUT2D eigenvalue weighted by molar-refractivity contribution is 7.91. The highest BCUT2D eigenvalue weighted by Gasteiger charge is 2.26. The van der Waals surface area contributed by atoms with Crippen LogP contribution in [0.3, 0.4) is 0 Å². The minimum absolute atomic E-state index is 0.0165. The Morgan fingerprint density at radius 3 is 2.41 bits per heavy atom. The van der Waals surface area contributed by atoms with E-state index in [9.17, 15) is 13.2 Å². The molecule has 0 aliphatic carbocycles.